The number of amides is 1. The average molecular weight is 441 g/mol. The smallest absolute Gasteiger partial charge is 0.251 e. The van der Waals surface area contributed by atoms with Gasteiger partial charge in [0.1, 0.15) is 5.82 Å². The van der Waals surface area contributed by atoms with E-state index in [0.29, 0.717) is 23.0 Å². The second-order valence-corrected chi connectivity index (χ2v) is 8.97. The van der Waals surface area contributed by atoms with E-state index in [9.17, 15) is 4.79 Å². The highest BCUT2D eigenvalue weighted by atomic mass is 35.5. The van der Waals surface area contributed by atoms with Gasteiger partial charge in [-0.2, -0.15) is 4.37 Å². The number of carbonyl (C=O) groups is 1. The molecule has 1 aromatic heterocycles. The van der Waals surface area contributed by atoms with Gasteiger partial charge in [-0.25, -0.2) is 4.98 Å². The van der Waals surface area contributed by atoms with Crippen LogP contribution < -0.4 is 10.2 Å². The van der Waals surface area contributed by atoms with Gasteiger partial charge in [0.15, 0.2) is 0 Å². The van der Waals surface area contributed by atoms with Crippen molar-refractivity contribution < 1.29 is 4.79 Å². The van der Waals surface area contributed by atoms with Gasteiger partial charge < -0.3 is 10.2 Å². The topological polar surface area (TPSA) is 58.1 Å². The van der Waals surface area contributed by atoms with Crippen molar-refractivity contribution in [3.05, 3.63) is 76.1 Å². The van der Waals surface area contributed by atoms with Crippen LogP contribution in [0.5, 0.6) is 0 Å². The van der Waals surface area contributed by atoms with E-state index in [1.807, 2.05) is 0 Å². The van der Waals surface area contributed by atoms with E-state index in [-0.39, 0.29) is 5.91 Å². The number of nitrogens with one attached hydrogen (secondary N) is 1. The van der Waals surface area contributed by atoms with Gasteiger partial charge >= 0.3 is 0 Å². The van der Waals surface area contributed by atoms with Crippen molar-refractivity contribution in [2.45, 2.75) is 26.2 Å². The molecular formula is C23H25ClN4OS. The SMILES string of the molecule is Cc1ccc(Cc2nsc(N3CCC(CNC(=O)c4cccc(Cl)c4)CC3)n2)cc1. The van der Waals surface area contributed by atoms with E-state index in [1.54, 1.807) is 24.3 Å². The first-order valence-corrected chi connectivity index (χ1v) is 11.4. The highest BCUT2D eigenvalue weighted by Crippen LogP contribution is 2.25. The number of hydrogen-bond donors (Lipinski definition) is 1. The van der Waals surface area contributed by atoms with E-state index in [4.69, 9.17) is 16.6 Å². The van der Waals surface area contributed by atoms with Crippen LogP contribution in [0, 0.1) is 12.8 Å². The van der Waals surface area contributed by atoms with Crippen molar-refractivity contribution >= 4 is 34.2 Å². The van der Waals surface area contributed by atoms with Crippen LogP contribution in [0.4, 0.5) is 5.13 Å². The quantitative estimate of drug-likeness (QED) is 0.601. The Balaban J connectivity index is 1.25. The molecule has 2 aromatic carbocycles. The van der Waals surface area contributed by atoms with Crippen LogP contribution in [0.15, 0.2) is 48.5 Å². The molecule has 1 N–H and O–H groups in total. The Labute approximate surface area is 186 Å². The first-order valence-electron chi connectivity index (χ1n) is 10.2. The number of rotatable bonds is 6. The number of halogens is 1. The largest absolute Gasteiger partial charge is 0.352 e. The molecule has 0 radical (unpaired) electrons. The van der Waals surface area contributed by atoms with Gasteiger partial charge in [0.2, 0.25) is 5.13 Å². The lowest BCUT2D eigenvalue weighted by Gasteiger charge is -2.31. The van der Waals surface area contributed by atoms with Gasteiger partial charge in [0.05, 0.1) is 0 Å². The molecule has 0 aliphatic carbocycles. The maximum absolute atomic E-state index is 12.3. The summed E-state index contributed by atoms with van der Waals surface area (Å²) >= 11 is 7.45. The maximum Gasteiger partial charge on any atom is 0.251 e. The molecule has 1 amide bonds. The molecule has 3 aromatic rings. The van der Waals surface area contributed by atoms with Crippen molar-refractivity contribution in [2.24, 2.45) is 5.92 Å². The lowest BCUT2D eigenvalue weighted by molar-refractivity contribution is 0.0945. The monoisotopic (exact) mass is 440 g/mol. The first kappa shape index (κ1) is 20.8. The number of benzene rings is 2. The van der Waals surface area contributed by atoms with Crippen molar-refractivity contribution in [2.75, 3.05) is 24.5 Å². The van der Waals surface area contributed by atoms with E-state index in [1.165, 1.54) is 22.7 Å². The molecule has 7 heteroatoms. The molecule has 5 nitrogen and oxygen atoms in total. The normalized spacial score (nSPS) is 14.7. The summed E-state index contributed by atoms with van der Waals surface area (Å²) in [7, 11) is 0. The lowest BCUT2D eigenvalue weighted by Crippen LogP contribution is -2.38. The van der Waals surface area contributed by atoms with Gasteiger partial charge in [-0.05, 0) is 49.4 Å². The number of anilines is 1. The highest BCUT2D eigenvalue weighted by molar-refractivity contribution is 7.09. The zero-order chi connectivity index (χ0) is 20.9. The van der Waals surface area contributed by atoms with Crippen molar-refractivity contribution in [1.29, 1.82) is 0 Å². The van der Waals surface area contributed by atoms with Crippen molar-refractivity contribution in [1.82, 2.24) is 14.7 Å². The van der Waals surface area contributed by atoms with Crippen molar-refractivity contribution in [3.8, 4) is 0 Å². The molecule has 30 heavy (non-hydrogen) atoms. The third-order valence-electron chi connectivity index (χ3n) is 5.46. The predicted molar refractivity (Wildman–Crippen MR) is 123 cm³/mol. The number of nitrogens with zero attached hydrogens (tertiary/aromatic N) is 3. The number of hydrogen-bond acceptors (Lipinski definition) is 5. The van der Waals surface area contributed by atoms with Crippen LogP contribution >= 0.6 is 23.1 Å². The molecule has 0 spiro atoms. The Morgan fingerprint density at radius 2 is 1.97 bits per heavy atom. The van der Waals surface area contributed by atoms with Crippen LogP contribution in [0.25, 0.3) is 0 Å². The van der Waals surface area contributed by atoms with E-state index < -0.39 is 0 Å². The van der Waals surface area contributed by atoms with Gasteiger partial charge in [-0.1, -0.05) is 47.5 Å². The van der Waals surface area contributed by atoms with Crippen LogP contribution in [0.1, 0.15) is 40.2 Å². The molecule has 0 bridgehead atoms. The Morgan fingerprint density at radius 3 is 2.70 bits per heavy atom. The van der Waals surface area contributed by atoms with Crippen LogP contribution in [0.2, 0.25) is 5.02 Å². The van der Waals surface area contributed by atoms with Crippen LogP contribution in [0.3, 0.4) is 0 Å². The molecule has 1 fully saturated rings. The highest BCUT2D eigenvalue weighted by Gasteiger charge is 2.22. The predicted octanol–water partition coefficient (Wildman–Crippen LogP) is 4.74. The van der Waals surface area contributed by atoms with Gasteiger partial charge in [-0.15, -0.1) is 0 Å². The number of aryl methyl sites for hydroxylation is 1. The summed E-state index contributed by atoms with van der Waals surface area (Å²) in [5.41, 5.74) is 3.10. The Hall–Kier alpha value is -2.44. The molecule has 1 aliphatic rings. The number of aromatic nitrogens is 2. The summed E-state index contributed by atoms with van der Waals surface area (Å²) in [6.45, 7) is 4.66. The fourth-order valence-corrected chi connectivity index (χ4v) is 4.56. The Bertz CT molecular complexity index is 996. The van der Waals surface area contributed by atoms with Gasteiger partial charge in [0, 0.05) is 48.2 Å². The molecule has 0 unspecified atom stereocenters. The summed E-state index contributed by atoms with van der Waals surface area (Å²) in [5.74, 6) is 1.30. The zero-order valence-electron chi connectivity index (χ0n) is 17.0. The second kappa shape index (κ2) is 9.58. The molecule has 2 heterocycles. The molecule has 156 valence electrons. The molecule has 1 aliphatic heterocycles. The average Bonchev–Trinajstić information content (AvgIpc) is 3.22. The molecule has 0 atom stereocenters. The Morgan fingerprint density at radius 1 is 1.20 bits per heavy atom. The molecule has 0 saturated carbocycles. The maximum atomic E-state index is 12.3. The fraction of sp³-hybridized carbons (Fsp3) is 0.348. The summed E-state index contributed by atoms with van der Waals surface area (Å²) < 4.78 is 4.55. The Kier molecular flexibility index (Phi) is 6.65. The van der Waals surface area contributed by atoms with E-state index in [2.05, 4.69) is 45.8 Å². The molecule has 1 saturated heterocycles. The third kappa shape index (κ3) is 5.37. The summed E-state index contributed by atoms with van der Waals surface area (Å²) in [6.07, 6.45) is 2.83. The standard InChI is InChI=1S/C23H25ClN4OS/c1-16-5-7-17(8-6-16)13-21-26-23(30-27-21)28-11-9-18(10-12-28)15-25-22(29)19-3-2-4-20(24)14-19/h2-8,14,18H,9-13,15H2,1H3,(H,25,29). The zero-order valence-corrected chi connectivity index (χ0v) is 18.5. The van der Waals surface area contributed by atoms with Crippen LogP contribution in [-0.4, -0.2) is 34.9 Å². The summed E-state index contributed by atoms with van der Waals surface area (Å²) in [6, 6.07) is 15.6. The summed E-state index contributed by atoms with van der Waals surface area (Å²) in [5, 5.41) is 4.62. The fourth-order valence-electron chi connectivity index (χ4n) is 3.63. The van der Waals surface area contributed by atoms with Crippen LogP contribution in [-0.2, 0) is 6.42 Å². The minimum atomic E-state index is -0.0650. The summed E-state index contributed by atoms with van der Waals surface area (Å²) in [4.78, 5) is 19.4. The third-order valence-corrected chi connectivity index (χ3v) is 6.51. The number of carbonyl (C=O) groups excluding carboxylic acids is 1. The minimum Gasteiger partial charge on any atom is -0.352 e. The number of piperidine rings is 1. The molecular weight excluding hydrogens is 416 g/mol. The van der Waals surface area contributed by atoms with E-state index >= 15 is 0 Å². The second-order valence-electron chi connectivity index (χ2n) is 7.81. The van der Waals surface area contributed by atoms with Gasteiger partial charge in [0.25, 0.3) is 5.91 Å². The first-order chi connectivity index (χ1) is 14.6. The van der Waals surface area contributed by atoms with E-state index in [0.717, 1.165) is 43.3 Å². The molecule has 4 rings (SSSR count). The van der Waals surface area contributed by atoms with Crippen molar-refractivity contribution in [3.63, 3.8) is 0 Å². The van der Waals surface area contributed by atoms with Gasteiger partial charge in [-0.3, -0.25) is 4.79 Å². The minimum absolute atomic E-state index is 0.0650. The lowest BCUT2D eigenvalue weighted by atomic mass is 9.97.